The molecule has 0 aromatic heterocycles. The lowest BCUT2D eigenvalue weighted by Crippen LogP contribution is -2.41. The quantitative estimate of drug-likeness (QED) is 0.736. The van der Waals surface area contributed by atoms with Crippen LogP contribution in [0.2, 0.25) is 0 Å². The molecule has 0 bridgehead atoms. The van der Waals surface area contributed by atoms with Crippen molar-refractivity contribution in [1.29, 1.82) is 0 Å². The maximum absolute atomic E-state index is 12.4. The molecular weight excluding hydrogens is 316 g/mol. The normalized spacial score (nSPS) is 17.7. The predicted octanol–water partition coefficient (Wildman–Crippen LogP) is 1.87. The molecule has 0 aliphatic heterocycles. The maximum Gasteiger partial charge on any atom is 0.240 e. The fourth-order valence-corrected chi connectivity index (χ4v) is 4.10. The Kier molecular flexibility index (Phi) is 5.78. The molecule has 0 unspecified atom stereocenters. The van der Waals surface area contributed by atoms with Crippen molar-refractivity contribution >= 4 is 21.6 Å². The average molecular weight is 340 g/mol. The first-order valence-electron chi connectivity index (χ1n) is 7.85. The molecule has 1 amide bonds. The van der Waals surface area contributed by atoms with E-state index in [4.69, 9.17) is 0 Å². The number of amides is 1. The van der Waals surface area contributed by atoms with Crippen LogP contribution in [-0.4, -0.2) is 32.6 Å². The Morgan fingerprint density at radius 1 is 1.17 bits per heavy atom. The summed E-state index contributed by atoms with van der Waals surface area (Å²) in [5.41, 5.74) is 0.206. The van der Waals surface area contributed by atoms with E-state index >= 15 is 0 Å². The fraction of sp³-hybridized carbons (Fsp3) is 0.562. The van der Waals surface area contributed by atoms with Crippen molar-refractivity contribution in [2.45, 2.75) is 43.9 Å². The van der Waals surface area contributed by atoms with Crippen LogP contribution in [0.3, 0.4) is 0 Å². The van der Waals surface area contributed by atoms with Gasteiger partial charge in [0.1, 0.15) is 0 Å². The van der Waals surface area contributed by atoms with Crippen molar-refractivity contribution in [3.05, 3.63) is 24.3 Å². The molecule has 1 aromatic carbocycles. The number of anilines is 1. The zero-order chi connectivity index (χ0) is 16.9. The zero-order valence-electron chi connectivity index (χ0n) is 13.3. The monoisotopic (exact) mass is 340 g/mol. The second kappa shape index (κ2) is 7.42. The highest BCUT2D eigenvalue weighted by atomic mass is 32.2. The highest BCUT2D eigenvalue weighted by molar-refractivity contribution is 7.89. The molecule has 1 aliphatic carbocycles. The first-order valence-corrected chi connectivity index (χ1v) is 9.33. The molecule has 3 N–H and O–H groups in total. The van der Waals surface area contributed by atoms with Gasteiger partial charge in [-0.25, -0.2) is 13.1 Å². The number of hydrogen-bond donors (Lipinski definition) is 3. The Morgan fingerprint density at radius 2 is 1.78 bits per heavy atom. The van der Waals surface area contributed by atoms with Gasteiger partial charge in [0.25, 0.3) is 0 Å². The van der Waals surface area contributed by atoms with Crippen LogP contribution in [-0.2, 0) is 14.8 Å². The summed E-state index contributed by atoms with van der Waals surface area (Å²) in [6.07, 6.45) is 4.86. The van der Waals surface area contributed by atoms with E-state index in [1.165, 1.54) is 19.1 Å². The molecule has 1 fully saturated rings. The number of hydrogen-bond acceptors (Lipinski definition) is 4. The van der Waals surface area contributed by atoms with Crippen molar-refractivity contribution in [3.8, 4) is 0 Å². The number of carbonyl (C=O) groups is 1. The van der Waals surface area contributed by atoms with Crippen LogP contribution in [0.25, 0.3) is 0 Å². The number of nitrogens with one attached hydrogen (secondary N) is 2. The van der Waals surface area contributed by atoms with Crippen LogP contribution in [0.4, 0.5) is 5.69 Å². The molecule has 0 saturated heterocycles. The van der Waals surface area contributed by atoms with Crippen molar-refractivity contribution in [2.24, 2.45) is 5.41 Å². The molecule has 0 atom stereocenters. The number of aliphatic hydroxyl groups is 1. The van der Waals surface area contributed by atoms with E-state index in [0.29, 0.717) is 5.69 Å². The molecule has 7 heteroatoms. The molecule has 128 valence electrons. The number of aliphatic hydroxyl groups excluding tert-OH is 1. The highest BCUT2D eigenvalue weighted by Gasteiger charge is 2.32. The Balaban J connectivity index is 2.04. The molecule has 0 radical (unpaired) electrons. The number of rotatable bonds is 6. The van der Waals surface area contributed by atoms with Crippen molar-refractivity contribution in [2.75, 3.05) is 18.5 Å². The molecule has 2 rings (SSSR count). The van der Waals surface area contributed by atoms with E-state index in [0.717, 1.165) is 32.1 Å². The average Bonchev–Trinajstić information content (AvgIpc) is 2.54. The molecule has 0 spiro atoms. The van der Waals surface area contributed by atoms with Gasteiger partial charge in [0.15, 0.2) is 0 Å². The van der Waals surface area contributed by atoms with Gasteiger partial charge in [-0.15, -0.1) is 0 Å². The highest BCUT2D eigenvalue weighted by Crippen LogP contribution is 2.35. The summed E-state index contributed by atoms with van der Waals surface area (Å²) in [5, 5.41) is 12.2. The van der Waals surface area contributed by atoms with Gasteiger partial charge in [0, 0.05) is 31.2 Å². The predicted molar refractivity (Wildman–Crippen MR) is 88.5 cm³/mol. The lowest BCUT2D eigenvalue weighted by molar-refractivity contribution is -0.114. The van der Waals surface area contributed by atoms with Gasteiger partial charge in [-0.1, -0.05) is 19.3 Å². The summed E-state index contributed by atoms with van der Waals surface area (Å²) in [6.45, 7) is 1.64. The minimum Gasteiger partial charge on any atom is -0.396 e. The zero-order valence-corrected chi connectivity index (χ0v) is 14.2. The van der Waals surface area contributed by atoms with Crippen LogP contribution in [0.15, 0.2) is 29.2 Å². The van der Waals surface area contributed by atoms with Crippen LogP contribution >= 0.6 is 0 Å². The van der Waals surface area contributed by atoms with E-state index in [-0.39, 0.29) is 29.4 Å². The summed E-state index contributed by atoms with van der Waals surface area (Å²) >= 11 is 0. The van der Waals surface area contributed by atoms with Gasteiger partial charge in [-0.05, 0) is 37.1 Å². The Bertz CT molecular complexity index is 635. The Morgan fingerprint density at radius 3 is 2.30 bits per heavy atom. The summed E-state index contributed by atoms with van der Waals surface area (Å²) in [6, 6.07) is 6.02. The minimum absolute atomic E-state index is 0.00299. The van der Waals surface area contributed by atoms with E-state index < -0.39 is 10.0 Å². The number of sulfonamides is 1. The van der Waals surface area contributed by atoms with Crippen LogP contribution in [0.1, 0.15) is 39.0 Å². The van der Waals surface area contributed by atoms with Gasteiger partial charge < -0.3 is 10.4 Å². The van der Waals surface area contributed by atoms with Gasteiger partial charge in [-0.2, -0.15) is 0 Å². The molecule has 0 heterocycles. The minimum atomic E-state index is -3.63. The number of carbonyl (C=O) groups excluding carboxylic acids is 1. The molecule has 1 saturated carbocycles. The first-order chi connectivity index (χ1) is 10.9. The smallest absolute Gasteiger partial charge is 0.240 e. The topological polar surface area (TPSA) is 95.5 Å². The molecule has 23 heavy (non-hydrogen) atoms. The standard InChI is InChI=1S/C16H24N2O4S/c1-13(20)18-14-5-7-15(8-6-14)23(21,22)17-11-16(12-19)9-3-2-4-10-16/h5-8,17,19H,2-4,9-12H2,1H3,(H,18,20). The molecule has 1 aliphatic rings. The molecular formula is C16H24N2O4S. The van der Waals surface area contributed by atoms with E-state index in [2.05, 4.69) is 10.0 Å². The van der Waals surface area contributed by atoms with Gasteiger partial charge in [0.05, 0.1) is 4.90 Å². The molecule has 1 aromatic rings. The first kappa shape index (κ1) is 17.9. The van der Waals surface area contributed by atoms with Crippen LogP contribution in [0, 0.1) is 5.41 Å². The Labute approximate surface area is 137 Å². The van der Waals surface area contributed by atoms with Crippen LogP contribution in [0.5, 0.6) is 0 Å². The van der Waals surface area contributed by atoms with E-state index in [9.17, 15) is 18.3 Å². The SMILES string of the molecule is CC(=O)Nc1ccc(S(=O)(=O)NCC2(CO)CCCCC2)cc1. The summed E-state index contributed by atoms with van der Waals surface area (Å²) in [4.78, 5) is 11.1. The lowest BCUT2D eigenvalue weighted by atomic mass is 9.75. The largest absolute Gasteiger partial charge is 0.396 e. The summed E-state index contributed by atoms with van der Waals surface area (Å²) < 4.78 is 27.4. The number of benzene rings is 1. The van der Waals surface area contributed by atoms with E-state index in [1.54, 1.807) is 12.1 Å². The third kappa shape index (κ3) is 4.76. The van der Waals surface area contributed by atoms with Crippen molar-refractivity contribution < 1.29 is 18.3 Å². The maximum atomic E-state index is 12.4. The second-order valence-corrected chi connectivity index (χ2v) is 8.02. The van der Waals surface area contributed by atoms with Gasteiger partial charge in [-0.3, -0.25) is 4.79 Å². The van der Waals surface area contributed by atoms with Gasteiger partial charge >= 0.3 is 0 Å². The third-order valence-electron chi connectivity index (χ3n) is 4.37. The summed E-state index contributed by atoms with van der Waals surface area (Å²) in [7, 11) is -3.63. The summed E-state index contributed by atoms with van der Waals surface area (Å²) in [5.74, 6) is -0.207. The fourth-order valence-electron chi connectivity index (χ4n) is 2.94. The third-order valence-corrected chi connectivity index (χ3v) is 5.79. The Hall–Kier alpha value is -1.44. The lowest BCUT2D eigenvalue weighted by Gasteiger charge is -2.35. The van der Waals surface area contributed by atoms with E-state index in [1.807, 2.05) is 0 Å². The van der Waals surface area contributed by atoms with Gasteiger partial charge in [0.2, 0.25) is 15.9 Å². The van der Waals surface area contributed by atoms with Crippen molar-refractivity contribution in [1.82, 2.24) is 4.72 Å². The molecule has 6 nitrogen and oxygen atoms in total. The van der Waals surface area contributed by atoms with Crippen LogP contribution < -0.4 is 10.0 Å². The second-order valence-electron chi connectivity index (χ2n) is 6.25. The van der Waals surface area contributed by atoms with Crippen molar-refractivity contribution in [3.63, 3.8) is 0 Å².